The summed E-state index contributed by atoms with van der Waals surface area (Å²) in [5.74, 6) is 0.542. The van der Waals surface area contributed by atoms with Gasteiger partial charge in [-0.05, 0) is 32.2 Å². The number of esters is 1. The van der Waals surface area contributed by atoms with E-state index in [0.29, 0.717) is 19.4 Å². The van der Waals surface area contributed by atoms with Crippen LogP contribution in [0.15, 0.2) is 0 Å². The number of aliphatic hydroxyl groups excluding tert-OH is 1. The Hall–Kier alpha value is -0.610. The van der Waals surface area contributed by atoms with E-state index in [4.69, 9.17) is 0 Å². The van der Waals surface area contributed by atoms with Crippen molar-refractivity contribution in [2.24, 2.45) is 5.92 Å². The van der Waals surface area contributed by atoms with Crippen LogP contribution < -0.4 is 0 Å². The number of hydrogen-bond acceptors (Lipinski definition) is 4. The van der Waals surface area contributed by atoms with Crippen molar-refractivity contribution in [1.29, 1.82) is 0 Å². The van der Waals surface area contributed by atoms with E-state index in [1.54, 1.807) is 0 Å². The highest BCUT2D eigenvalue weighted by Crippen LogP contribution is 2.24. The first-order valence-electron chi connectivity index (χ1n) is 7.05. The summed E-state index contributed by atoms with van der Waals surface area (Å²) >= 11 is 0. The van der Waals surface area contributed by atoms with Crippen LogP contribution in [0.25, 0.3) is 0 Å². The summed E-state index contributed by atoms with van der Waals surface area (Å²) in [7, 11) is 3.43. The maximum Gasteiger partial charge on any atom is 0.305 e. The lowest BCUT2D eigenvalue weighted by atomic mass is 9.89. The third kappa shape index (κ3) is 6.36. The summed E-state index contributed by atoms with van der Waals surface area (Å²) in [6.45, 7) is 1.71. The van der Waals surface area contributed by atoms with Gasteiger partial charge < -0.3 is 14.7 Å². The quantitative estimate of drug-likeness (QED) is 0.707. The second kappa shape index (κ2) is 8.48. The number of likely N-dealkylation sites (N-methyl/N-ethyl adjacent to an activating group) is 1. The summed E-state index contributed by atoms with van der Waals surface area (Å²) in [4.78, 5) is 13.2. The van der Waals surface area contributed by atoms with Crippen molar-refractivity contribution in [2.75, 3.05) is 27.2 Å². The van der Waals surface area contributed by atoms with Crippen LogP contribution in [-0.4, -0.2) is 49.3 Å². The molecule has 4 heteroatoms. The van der Waals surface area contributed by atoms with Gasteiger partial charge in [-0.1, -0.05) is 19.3 Å². The van der Waals surface area contributed by atoms with Crippen LogP contribution in [-0.2, 0) is 9.53 Å². The SMILES string of the molecule is COC(=O)CCC(O)CN(C)CC1CCCCC1. The molecule has 1 rings (SSSR count). The van der Waals surface area contributed by atoms with Crippen molar-refractivity contribution in [3.8, 4) is 0 Å². The molecule has 0 heterocycles. The average Bonchev–Trinajstić information content (AvgIpc) is 2.37. The zero-order valence-corrected chi connectivity index (χ0v) is 11.7. The molecular formula is C14H27NO3. The van der Waals surface area contributed by atoms with Gasteiger partial charge in [0.05, 0.1) is 13.2 Å². The van der Waals surface area contributed by atoms with Gasteiger partial charge in [0.25, 0.3) is 0 Å². The van der Waals surface area contributed by atoms with E-state index in [0.717, 1.165) is 12.5 Å². The molecule has 0 amide bonds. The summed E-state index contributed by atoms with van der Waals surface area (Å²) in [5, 5.41) is 9.84. The number of carbonyl (C=O) groups is 1. The van der Waals surface area contributed by atoms with E-state index in [2.05, 4.69) is 16.7 Å². The Balaban J connectivity index is 2.13. The first kappa shape index (κ1) is 15.4. The lowest BCUT2D eigenvalue weighted by Gasteiger charge is -2.28. The van der Waals surface area contributed by atoms with E-state index in [9.17, 15) is 9.90 Å². The van der Waals surface area contributed by atoms with Crippen LogP contribution >= 0.6 is 0 Å². The molecule has 0 spiro atoms. The maximum absolute atomic E-state index is 11.0. The fourth-order valence-electron chi connectivity index (χ4n) is 2.72. The molecule has 0 aromatic heterocycles. The number of methoxy groups -OCH3 is 1. The zero-order chi connectivity index (χ0) is 13.4. The fraction of sp³-hybridized carbons (Fsp3) is 0.929. The number of nitrogens with zero attached hydrogens (tertiary/aromatic N) is 1. The molecule has 1 atom stereocenters. The molecule has 1 unspecified atom stereocenters. The van der Waals surface area contributed by atoms with Crippen LogP contribution in [0, 0.1) is 5.92 Å². The van der Waals surface area contributed by atoms with Crippen molar-refractivity contribution in [3.63, 3.8) is 0 Å². The Morgan fingerprint density at radius 3 is 2.67 bits per heavy atom. The summed E-state index contributed by atoms with van der Waals surface area (Å²) < 4.78 is 4.56. The topological polar surface area (TPSA) is 49.8 Å². The lowest BCUT2D eigenvalue weighted by Crippen LogP contribution is -2.34. The van der Waals surface area contributed by atoms with Crippen molar-refractivity contribution < 1.29 is 14.6 Å². The lowest BCUT2D eigenvalue weighted by molar-refractivity contribution is -0.141. The van der Waals surface area contributed by atoms with Gasteiger partial charge in [0, 0.05) is 19.5 Å². The highest BCUT2D eigenvalue weighted by Gasteiger charge is 2.17. The molecule has 1 fully saturated rings. The molecule has 0 aromatic rings. The minimum absolute atomic E-state index is 0.246. The predicted octanol–water partition coefficient (Wildman–Crippen LogP) is 1.81. The molecule has 1 saturated carbocycles. The van der Waals surface area contributed by atoms with Crippen molar-refractivity contribution in [1.82, 2.24) is 4.90 Å². The first-order valence-corrected chi connectivity index (χ1v) is 7.05. The molecule has 0 saturated heterocycles. The summed E-state index contributed by atoms with van der Waals surface area (Å²) in [6.07, 6.45) is 7.08. The number of ether oxygens (including phenoxy) is 1. The molecule has 1 N–H and O–H groups in total. The third-order valence-corrected chi connectivity index (χ3v) is 3.73. The molecule has 4 nitrogen and oxygen atoms in total. The minimum Gasteiger partial charge on any atom is -0.469 e. The van der Waals surface area contributed by atoms with E-state index in [-0.39, 0.29) is 5.97 Å². The Labute approximate surface area is 110 Å². The van der Waals surface area contributed by atoms with Gasteiger partial charge in [-0.3, -0.25) is 4.79 Å². The van der Waals surface area contributed by atoms with Gasteiger partial charge in [0.1, 0.15) is 0 Å². The van der Waals surface area contributed by atoms with E-state index in [1.165, 1.54) is 39.2 Å². The highest BCUT2D eigenvalue weighted by atomic mass is 16.5. The Morgan fingerprint density at radius 2 is 2.06 bits per heavy atom. The van der Waals surface area contributed by atoms with Crippen molar-refractivity contribution in [3.05, 3.63) is 0 Å². The molecule has 0 radical (unpaired) electrons. The normalized spacial score (nSPS) is 18.9. The first-order chi connectivity index (χ1) is 8.61. The van der Waals surface area contributed by atoms with Gasteiger partial charge in [0.2, 0.25) is 0 Å². The maximum atomic E-state index is 11.0. The molecule has 1 aliphatic carbocycles. The van der Waals surface area contributed by atoms with Crippen LogP contribution in [0.5, 0.6) is 0 Å². The average molecular weight is 257 g/mol. The standard InChI is InChI=1S/C14H27NO3/c1-15(10-12-6-4-3-5-7-12)11-13(16)8-9-14(17)18-2/h12-13,16H,3-11H2,1-2H3. The molecule has 18 heavy (non-hydrogen) atoms. The van der Waals surface area contributed by atoms with Crippen LogP contribution in [0.4, 0.5) is 0 Å². The largest absolute Gasteiger partial charge is 0.469 e. The van der Waals surface area contributed by atoms with E-state index < -0.39 is 6.10 Å². The number of aliphatic hydroxyl groups is 1. The van der Waals surface area contributed by atoms with Crippen LogP contribution in [0.1, 0.15) is 44.9 Å². The molecule has 0 aromatic carbocycles. The second-order valence-electron chi connectivity index (χ2n) is 5.49. The van der Waals surface area contributed by atoms with Gasteiger partial charge in [-0.2, -0.15) is 0 Å². The molecule has 0 aliphatic heterocycles. The highest BCUT2D eigenvalue weighted by molar-refractivity contribution is 5.69. The van der Waals surface area contributed by atoms with Gasteiger partial charge in [-0.15, -0.1) is 0 Å². The minimum atomic E-state index is -0.433. The molecule has 0 bridgehead atoms. The van der Waals surface area contributed by atoms with Gasteiger partial charge in [0.15, 0.2) is 0 Å². The number of hydrogen-bond donors (Lipinski definition) is 1. The second-order valence-corrected chi connectivity index (χ2v) is 5.49. The van der Waals surface area contributed by atoms with Crippen LogP contribution in [0.3, 0.4) is 0 Å². The smallest absolute Gasteiger partial charge is 0.305 e. The molecule has 1 aliphatic rings. The Bertz CT molecular complexity index is 239. The molecule has 106 valence electrons. The summed E-state index contributed by atoms with van der Waals surface area (Å²) in [6, 6.07) is 0. The number of rotatable bonds is 7. The third-order valence-electron chi connectivity index (χ3n) is 3.73. The predicted molar refractivity (Wildman–Crippen MR) is 71.3 cm³/mol. The fourth-order valence-corrected chi connectivity index (χ4v) is 2.72. The summed E-state index contributed by atoms with van der Waals surface area (Å²) in [5.41, 5.74) is 0. The van der Waals surface area contributed by atoms with Crippen LogP contribution in [0.2, 0.25) is 0 Å². The van der Waals surface area contributed by atoms with Crippen molar-refractivity contribution in [2.45, 2.75) is 51.0 Å². The zero-order valence-electron chi connectivity index (χ0n) is 11.7. The Kier molecular flexibility index (Phi) is 7.28. The Morgan fingerprint density at radius 1 is 1.39 bits per heavy atom. The monoisotopic (exact) mass is 257 g/mol. The molecular weight excluding hydrogens is 230 g/mol. The van der Waals surface area contributed by atoms with Gasteiger partial charge >= 0.3 is 5.97 Å². The van der Waals surface area contributed by atoms with Crippen molar-refractivity contribution >= 4 is 5.97 Å². The van der Waals surface area contributed by atoms with E-state index in [1.807, 2.05) is 0 Å². The number of carbonyl (C=O) groups excluding carboxylic acids is 1. The van der Waals surface area contributed by atoms with Gasteiger partial charge in [-0.25, -0.2) is 0 Å². The van der Waals surface area contributed by atoms with E-state index >= 15 is 0 Å².